The SMILES string of the molecule is CNC(=O)c1ccc(CNC(C)CC(N)=O)cc1. The third-order valence-corrected chi connectivity index (χ3v) is 2.61. The number of nitrogens with one attached hydrogen (secondary N) is 2. The molecule has 98 valence electrons. The van der Waals surface area contributed by atoms with Gasteiger partial charge in [-0.25, -0.2) is 0 Å². The van der Waals surface area contributed by atoms with Gasteiger partial charge in [-0.05, 0) is 24.6 Å². The van der Waals surface area contributed by atoms with Crippen LogP contribution in [0.1, 0.15) is 29.3 Å². The minimum atomic E-state index is -0.315. The molecule has 0 heterocycles. The molecule has 1 atom stereocenters. The molecule has 18 heavy (non-hydrogen) atoms. The van der Waals surface area contributed by atoms with E-state index in [2.05, 4.69) is 10.6 Å². The fourth-order valence-corrected chi connectivity index (χ4v) is 1.58. The molecule has 0 saturated heterocycles. The highest BCUT2D eigenvalue weighted by atomic mass is 16.1. The number of carbonyl (C=O) groups excluding carboxylic acids is 2. The smallest absolute Gasteiger partial charge is 0.251 e. The summed E-state index contributed by atoms with van der Waals surface area (Å²) in [6, 6.07) is 7.35. The van der Waals surface area contributed by atoms with Crippen LogP contribution in [-0.2, 0) is 11.3 Å². The summed E-state index contributed by atoms with van der Waals surface area (Å²) in [4.78, 5) is 22.0. The summed E-state index contributed by atoms with van der Waals surface area (Å²) in [7, 11) is 1.60. The Balaban J connectivity index is 2.49. The zero-order valence-electron chi connectivity index (χ0n) is 10.7. The zero-order valence-corrected chi connectivity index (χ0v) is 10.7. The molecule has 0 bridgehead atoms. The lowest BCUT2D eigenvalue weighted by atomic mass is 10.1. The van der Waals surface area contributed by atoms with E-state index in [1.165, 1.54) is 0 Å². The first-order valence-electron chi connectivity index (χ1n) is 5.85. The van der Waals surface area contributed by atoms with E-state index >= 15 is 0 Å². The summed E-state index contributed by atoms with van der Waals surface area (Å²) in [6.07, 6.45) is 0.316. The molecule has 0 aromatic heterocycles. The average molecular weight is 249 g/mol. The molecule has 5 heteroatoms. The Morgan fingerprint density at radius 2 is 1.89 bits per heavy atom. The van der Waals surface area contributed by atoms with Gasteiger partial charge in [0.15, 0.2) is 0 Å². The lowest BCUT2D eigenvalue weighted by Crippen LogP contribution is -2.30. The summed E-state index contributed by atoms with van der Waals surface area (Å²) in [5.41, 5.74) is 6.79. The van der Waals surface area contributed by atoms with E-state index in [0.29, 0.717) is 18.5 Å². The summed E-state index contributed by atoms with van der Waals surface area (Å²) in [6.45, 7) is 2.55. The maximum atomic E-state index is 11.3. The van der Waals surface area contributed by atoms with Crippen LogP contribution in [0.5, 0.6) is 0 Å². The molecule has 1 aromatic rings. The van der Waals surface area contributed by atoms with Gasteiger partial charge >= 0.3 is 0 Å². The predicted octanol–water partition coefficient (Wildman–Crippen LogP) is 0.400. The van der Waals surface area contributed by atoms with Crippen LogP contribution in [0, 0.1) is 0 Å². The van der Waals surface area contributed by atoms with Crippen molar-refractivity contribution in [1.82, 2.24) is 10.6 Å². The van der Waals surface area contributed by atoms with Crippen molar-refractivity contribution < 1.29 is 9.59 Å². The number of hydrogen-bond acceptors (Lipinski definition) is 3. The van der Waals surface area contributed by atoms with Gasteiger partial charge in [-0.15, -0.1) is 0 Å². The number of primary amides is 1. The molecule has 4 N–H and O–H groups in total. The number of hydrogen-bond donors (Lipinski definition) is 3. The number of amides is 2. The fourth-order valence-electron chi connectivity index (χ4n) is 1.58. The molecule has 0 aliphatic rings. The van der Waals surface area contributed by atoms with Crippen LogP contribution in [0.3, 0.4) is 0 Å². The van der Waals surface area contributed by atoms with Gasteiger partial charge in [0.25, 0.3) is 5.91 Å². The van der Waals surface area contributed by atoms with E-state index in [4.69, 9.17) is 5.73 Å². The van der Waals surface area contributed by atoms with Crippen LogP contribution >= 0.6 is 0 Å². The second-order valence-electron chi connectivity index (χ2n) is 4.23. The highest BCUT2D eigenvalue weighted by Crippen LogP contribution is 2.05. The minimum absolute atomic E-state index is 0.0427. The predicted molar refractivity (Wildman–Crippen MR) is 69.9 cm³/mol. The Morgan fingerprint density at radius 1 is 1.28 bits per heavy atom. The summed E-state index contributed by atoms with van der Waals surface area (Å²) >= 11 is 0. The Bertz CT molecular complexity index is 415. The van der Waals surface area contributed by atoms with Crippen molar-refractivity contribution in [2.75, 3.05) is 7.05 Å². The molecule has 0 saturated carbocycles. The van der Waals surface area contributed by atoms with Gasteiger partial charge in [0.2, 0.25) is 5.91 Å². The molecule has 1 aromatic carbocycles. The van der Waals surface area contributed by atoms with Gasteiger partial charge in [-0.2, -0.15) is 0 Å². The van der Waals surface area contributed by atoms with Gasteiger partial charge < -0.3 is 16.4 Å². The van der Waals surface area contributed by atoms with Crippen molar-refractivity contribution in [3.8, 4) is 0 Å². The summed E-state index contributed by atoms with van der Waals surface area (Å²) < 4.78 is 0. The second kappa shape index (κ2) is 6.76. The van der Waals surface area contributed by atoms with Gasteiger partial charge in [-0.1, -0.05) is 12.1 Å². The molecular weight excluding hydrogens is 230 g/mol. The molecule has 1 unspecified atom stereocenters. The molecule has 2 amide bonds. The Hall–Kier alpha value is -1.88. The van der Waals surface area contributed by atoms with Crippen molar-refractivity contribution in [2.45, 2.75) is 25.9 Å². The molecule has 1 rings (SSSR count). The van der Waals surface area contributed by atoms with Crippen LogP contribution in [0.25, 0.3) is 0 Å². The number of benzene rings is 1. The van der Waals surface area contributed by atoms with Crippen molar-refractivity contribution in [3.63, 3.8) is 0 Å². The monoisotopic (exact) mass is 249 g/mol. The van der Waals surface area contributed by atoms with E-state index in [0.717, 1.165) is 5.56 Å². The highest BCUT2D eigenvalue weighted by molar-refractivity contribution is 5.93. The number of carbonyl (C=O) groups is 2. The summed E-state index contributed by atoms with van der Waals surface area (Å²) in [5, 5.41) is 5.76. The lowest BCUT2D eigenvalue weighted by Gasteiger charge is -2.12. The van der Waals surface area contributed by atoms with Crippen molar-refractivity contribution in [2.24, 2.45) is 5.73 Å². The Morgan fingerprint density at radius 3 is 2.39 bits per heavy atom. The van der Waals surface area contributed by atoms with Gasteiger partial charge in [0.1, 0.15) is 0 Å². The number of nitrogens with two attached hydrogens (primary N) is 1. The first kappa shape index (κ1) is 14.2. The molecular formula is C13H19N3O2. The van der Waals surface area contributed by atoms with E-state index < -0.39 is 0 Å². The van der Waals surface area contributed by atoms with E-state index in [1.54, 1.807) is 19.2 Å². The molecule has 0 spiro atoms. The largest absolute Gasteiger partial charge is 0.370 e. The quantitative estimate of drug-likeness (QED) is 0.682. The van der Waals surface area contributed by atoms with Crippen molar-refractivity contribution in [3.05, 3.63) is 35.4 Å². The summed E-state index contributed by atoms with van der Waals surface area (Å²) in [5.74, 6) is -0.415. The maximum Gasteiger partial charge on any atom is 0.251 e. The molecule has 5 nitrogen and oxygen atoms in total. The van der Waals surface area contributed by atoms with E-state index in [1.807, 2.05) is 19.1 Å². The fraction of sp³-hybridized carbons (Fsp3) is 0.385. The average Bonchev–Trinajstić information content (AvgIpc) is 2.35. The lowest BCUT2D eigenvalue weighted by molar-refractivity contribution is -0.118. The molecule has 0 radical (unpaired) electrons. The maximum absolute atomic E-state index is 11.3. The highest BCUT2D eigenvalue weighted by Gasteiger charge is 2.06. The van der Waals surface area contributed by atoms with Crippen LogP contribution in [0.15, 0.2) is 24.3 Å². The third-order valence-electron chi connectivity index (χ3n) is 2.61. The van der Waals surface area contributed by atoms with Crippen molar-refractivity contribution >= 4 is 11.8 Å². The normalized spacial score (nSPS) is 11.9. The zero-order chi connectivity index (χ0) is 13.5. The molecule has 0 fully saturated rings. The molecule has 0 aliphatic carbocycles. The van der Waals surface area contributed by atoms with E-state index in [9.17, 15) is 9.59 Å². The number of rotatable bonds is 6. The van der Waals surface area contributed by atoms with Gasteiger partial charge in [-0.3, -0.25) is 9.59 Å². The third kappa shape index (κ3) is 4.55. The van der Waals surface area contributed by atoms with E-state index in [-0.39, 0.29) is 17.9 Å². The van der Waals surface area contributed by atoms with Crippen LogP contribution in [-0.4, -0.2) is 24.9 Å². The Labute approximate surface area is 107 Å². The van der Waals surface area contributed by atoms with Crippen LogP contribution in [0.2, 0.25) is 0 Å². The Kier molecular flexibility index (Phi) is 5.32. The minimum Gasteiger partial charge on any atom is -0.370 e. The standard InChI is InChI=1S/C13H19N3O2/c1-9(7-12(14)17)16-8-10-3-5-11(6-4-10)13(18)15-2/h3-6,9,16H,7-8H2,1-2H3,(H2,14,17)(H,15,18). The molecule has 0 aliphatic heterocycles. The van der Waals surface area contributed by atoms with Gasteiger partial charge in [0, 0.05) is 31.6 Å². The van der Waals surface area contributed by atoms with Crippen LogP contribution < -0.4 is 16.4 Å². The van der Waals surface area contributed by atoms with Gasteiger partial charge in [0.05, 0.1) is 0 Å². The second-order valence-corrected chi connectivity index (χ2v) is 4.23. The van der Waals surface area contributed by atoms with Crippen molar-refractivity contribution in [1.29, 1.82) is 0 Å². The van der Waals surface area contributed by atoms with Crippen LogP contribution in [0.4, 0.5) is 0 Å². The first-order valence-corrected chi connectivity index (χ1v) is 5.85. The topological polar surface area (TPSA) is 84.2 Å². The first-order chi connectivity index (χ1) is 8.52.